The lowest BCUT2D eigenvalue weighted by Gasteiger charge is -2.38. The van der Waals surface area contributed by atoms with E-state index in [9.17, 15) is 13.5 Å². The van der Waals surface area contributed by atoms with E-state index in [0.29, 0.717) is 19.6 Å². The quantitative estimate of drug-likeness (QED) is 0.798. The molecule has 0 bridgehead atoms. The summed E-state index contributed by atoms with van der Waals surface area (Å²) in [6.45, 7) is 1.68. The number of thioether (sulfide) groups is 1. The minimum absolute atomic E-state index is 0.0676. The zero-order valence-electron chi connectivity index (χ0n) is 9.92. The molecule has 0 spiro atoms. The normalized spacial score (nSPS) is 29.4. The van der Waals surface area contributed by atoms with E-state index in [-0.39, 0.29) is 12.6 Å². The van der Waals surface area contributed by atoms with Gasteiger partial charge in [-0.3, -0.25) is 0 Å². The number of aliphatic hydroxyl groups excluding tert-OH is 1. The molecule has 5 nitrogen and oxygen atoms in total. The first-order chi connectivity index (χ1) is 8.16. The Morgan fingerprint density at radius 3 is 2.53 bits per heavy atom. The standard InChI is InChI=1S/C10H20N2O3S2/c13-9-10-3-1-2-4-12(10)17(14,15)11-5-7-16-8-6-11/h10,13H,1-9H2. The molecule has 0 aromatic rings. The van der Waals surface area contributed by atoms with Gasteiger partial charge < -0.3 is 5.11 Å². The highest BCUT2D eigenvalue weighted by atomic mass is 32.2. The lowest BCUT2D eigenvalue weighted by molar-refractivity contribution is 0.148. The summed E-state index contributed by atoms with van der Waals surface area (Å²) in [5.41, 5.74) is 0. The monoisotopic (exact) mass is 280 g/mol. The van der Waals surface area contributed by atoms with Crippen LogP contribution in [0.5, 0.6) is 0 Å². The molecule has 17 heavy (non-hydrogen) atoms. The second-order valence-electron chi connectivity index (χ2n) is 4.46. The number of aliphatic hydroxyl groups is 1. The Bertz CT molecular complexity index is 341. The lowest BCUT2D eigenvalue weighted by atomic mass is 10.1. The Hall–Kier alpha value is 0.180. The third-order valence-corrected chi connectivity index (χ3v) is 6.41. The van der Waals surface area contributed by atoms with Crippen LogP contribution in [0, 0.1) is 0 Å². The van der Waals surface area contributed by atoms with E-state index in [1.54, 1.807) is 16.1 Å². The fourth-order valence-electron chi connectivity index (χ4n) is 2.39. The smallest absolute Gasteiger partial charge is 0.282 e. The maximum absolute atomic E-state index is 12.4. The molecule has 2 saturated heterocycles. The number of hydrogen-bond acceptors (Lipinski definition) is 4. The molecule has 0 saturated carbocycles. The molecule has 2 heterocycles. The van der Waals surface area contributed by atoms with E-state index in [1.807, 2.05) is 0 Å². The fourth-order valence-corrected chi connectivity index (χ4v) is 5.37. The Morgan fingerprint density at radius 1 is 1.18 bits per heavy atom. The largest absolute Gasteiger partial charge is 0.395 e. The average molecular weight is 280 g/mol. The predicted molar refractivity (Wildman–Crippen MR) is 69.2 cm³/mol. The highest BCUT2D eigenvalue weighted by Gasteiger charge is 2.36. The van der Waals surface area contributed by atoms with Crippen LogP contribution >= 0.6 is 11.8 Å². The molecule has 7 heteroatoms. The topological polar surface area (TPSA) is 60.9 Å². The summed E-state index contributed by atoms with van der Waals surface area (Å²) >= 11 is 1.79. The first-order valence-corrected chi connectivity index (χ1v) is 8.67. The third-order valence-electron chi connectivity index (χ3n) is 3.38. The average Bonchev–Trinajstić information content (AvgIpc) is 2.39. The van der Waals surface area contributed by atoms with Crippen LogP contribution < -0.4 is 0 Å². The molecule has 2 aliphatic heterocycles. The van der Waals surface area contributed by atoms with Crippen molar-refractivity contribution >= 4 is 22.0 Å². The minimum Gasteiger partial charge on any atom is -0.395 e. The van der Waals surface area contributed by atoms with Gasteiger partial charge >= 0.3 is 0 Å². The van der Waals surface area contributed by atoms with Crippen LogP contribution in [0.15, 0.2) is 0 Å². The second kappa shape index (κ2) is 5.88. The van der Waals surface area contributed by atoms with Crippen molar-refractivity contribution in [3.63, 3.8) is 0 Å². The number of hydrogen-bond donors (Lipinski definition) is 1. The first-order valence-electron chi connectivity index (χ1n) is 6.12. The van der Waals surface area contributed by atoms with Crippen molar-refractivity contribution in [1.29, 1.82) is 0 Å². The number of piperidine rings is 1. The van der Waals surface area contributed by atoms with Crippen LogP contribution in [-0.2, 0) is 10.2 Å². The summed E-state index contributed by atoms with van der Waals surface area (Å²) in [5, 5.41) is 9.29. The molecule has 2 fully saturated rings. The predicted octanol–water partition coefficient (Wildman–Crippen LogP) is 0.127. The van der Waals surface area contributed by atoms with Gasteiger partial charge in [-0.2, -0.15) is 28.8 Å². The van der Waals surface area contributed by atoms with Gasteiger partial charge in [0, 0.05) is 37.2 Å². The van der Waals surface area contributed by atoms with Crippen LogP contribution in [0.1, 0.15) is 19.3 Å². The Balaban J connectivity index is 2.11. The lowest BCUT2D eigenvalue weighted by Crippen LogP contribution is -2.53. The minimum atomic E-state index is -3.35. The summed E-state index contributed by atoms with van der Waals surface area (Å²) < 4.78 is 28.0. The Kier molecular flexibility index (Phi) is 4.71. The van der Waals surface area contributed by atoms with Gasteiger partial charge in [-0.25, -0.2) is 0 Å². The molecule has 2 aliphatic rings. The van der Waals surface area contributed by atoms with E-state index >= 15 is 0 Å². The van der Waals surface area contributed by atoms with Crippen molar-refractivity contribution in [1.82, 2.24) is 8.61 Å². The fraction of sp³-hybridized carbons (Fsp3) is 1.00. The van der Waals surface area contributed by atoms with Crippen LogP contribution in [0.4, 0.5) is 0 Å². The maximum Gasteiger partial charge on any atom is 0.282 e. The van der Waals surface area contributed by atoms with Gasteiger partial charge in [-0.05, 0) is 12.8 Å². The summed E-state index contributed by atoms with van der Waals surface area (Å²) in [6, 6.07) is -0.219. The van der Waals surface area contributed by atoms with Crippen LogP contribution in [0.25, 0.3) is 0 Å². The summed E-state index contributed by atoms with van der Waals surface area (Å²) in [5.74, 6) is 1.74. The van der Waals surface area contributed by atoms with Gasteiger partial charge in [-0.1, -0.05) is 6.42 Å². The van der Waals surface area contributed by atoms with Crippen molar-refractivity contribution in [3.05, 3.63) is 0 Å². The molecule has 1 unspecified atom stereocenters. The molecule has 0 radical (unpaired) electrons. The number of nitrogens with zero attached hydrogens (tertiary/aromatic N) is 2. The highest BCUT2D eigenvalue weighted by molar-refractivity contribution is 7.99. The molecule has 0 aliphatic carbocycles. The van der Waals surface area contributed by atoms with Crippen molar-refractivity contribution in [2.24, 2.45) is 0 Å². The molecule has 2 rings (SSSR count). The molecular weight excluding hydrogens is 260 g/mol. The van der Waals surface area contributed by atoms with Gasteiger partial charge in [0.2, 0.25) is 0 Å². The molecular formula is C10H20N2O3S2. The molecule has 100 valence electrons. The van der Waals surface area contributed by atoms with E-state index < -0.39 is 10.2 Å². The molecule has 0 aromatic carbocycles. The van der Waals surface area contributed by atoms with Crippen LogP contribution in [0.3, 0.4) is 0 Å². The van der Waals surface area contributed by atoms with Gasteiger partial charge in [-0.15, -0.1) is 0 Å². The van der Waals surface area contributed by atoms with Gasteiger partial charge in [0.25, 0.3) is 10.2 Å². The maximum atomic E-state index is 12.4. The van der Waals surface area contributed by atoms with E-state index in [4.69, 9.17) is 0 Å². The van der Waals surface area contributed by atoms with E-state index in [2.05, 4.69) is 0 Å². The van der Waals surface area contributed by atoms with E-state index in [0.717, 1.165) is 30.8 Å². The molecule has 0 aromatic heterocycles. The number of rotatable bonds is 3. The van der Waals surface area contributed by atoms with Crippen molar-refractivity contribution in [2.75, 3.05) is 37.7 Å². The Morgan fingerprint density at radius 2 is 1.88 bits per heavy atom. The summed E-state index contributed by atoms with van der Waals surface area (Å²) in [7, 11) is -3.35. The van der Waals surface area contributed by atoms with Crippen molar-refractivity contribution < 1.29 is 13.5 Å². The zero-order chi connectivity index (χ0) is 12.3. The van der Waals surface area contributed by atoms with Crippen molar-refractivity contribution in [2.45, 2.75) is 25.3 Å². The molecule has 1 atom stereocenters. The molecule has 0 amide bonds. The second-order valence-corrected chi connectivity index (χ2v) is 7.57. The highest BCUT2D eigenvalue weighted by Crippen LogP contribution is 2.24. The van der Waals surface area contributed by atoms with Crippen LogP contribution in [-0.4, -0.2) is 65.9 Å². The van der Waals surface area contributed by atoms with Gasteiger partial charge in [0.15, 0.2) is 0 Å². The zero-order valence-corrected chi connectivity index (χ0v) is 11.5. The SMILES string of the molecule is O=S(=O)(N1CCSCC1)N1CCCCC1CO. The van der Waals surface area contributed by atoms with Gasteiger partial charge in [0.05, 0.1) is 6.61 Å². The van der Waals surface area contributed by atoms with Crippen LogP contribution in [0.2, 0.25) is 0 Å². The first kappa shape index (κ1) is 13.6. The van der Waals surface area contributed by atoms with E-state index in [1.165, 1.54) is 4.31 Å². The Labute approximate surface area is 107 Å². The third kappa shape index (κ3) is 2.96. The van der Waals surface area contributed by atoms with Crippen molar-refractivity contribution in [3.8, 4) is 0 Å². The summed E-state index contributed by atoms with van der Waals surface area (Å²) in [4.78, 5) is 0. The van der Waals surface area contributed by atoms with Gasteiger partial charge in [0.1, 0.15) is 0 Å². The summed E-state index contributed by atoms with van der Waals surface area (Å²) in [6.07, 6.45) is 2.68. The molecule has 1 N–H and O–H groups in total.